The first-order valence-electron chi connectivity index (χ1n) is 7.13. The minimum Gasteiger partial charge on any atom is -0.301 e. The molecular weight excluding hydrogens is 314 g/mol. The number of thioether (sulfide) groups is 2. The molecule has 1 fully saturated rings. The zero-order valence-electron chi connectivity index (χ0n) is 13.4. The molecule has 1 aromatic carbocycles. The molecule has 0 unspecified atom stereocenters. The van der Waals surface area contributed by atoms with Gasteiger partial charge in [0.1, 0.15) is 0 Å². The molecule has 0 radical (unpaired) electrons. The molecule has 0 atom stereocenters. The Bertz CT molecular complexity index is 600. The highest BCUT2D eigenvalue weighted by molar-refractivity contribution is 8.04. The first kappa shape index (κ1) is 17.2. The molecule has 1 aliphatic heterocycles. The summed E-state index contributed by atoms with van der Waals surface area (Å²) in [6, 6.07) is 8.17. The van der Waals surface area contributed by atoms with E-state index in [-0.39, 0.29) is 11.7 Å². The second-order valence-electron chi connectivity index (χ2n) is 6.21. The standard InChI is InChI=1S/C17H21NO2S2/c1-17(2,3)14(19)9-16-18(15(20)11-22-16)10-12-5-7-13(21-4)8-6-12/h5-9H,10-11H2,1-4H3/b16-9-. The highest BCUT2D eigenvalue weighted by Gasteiger charge is 2.29. The van der Waals surface area contributed by atoms with Gasteiger partial charge in [-0.05, 0) is 24.0 Å². The first-order chi connectivity index (χ1) is 10.3. The Morgan fingerprint density at radius 2 is 1.95 bits per heavy atom. The molecule has 1 aromatic rings. The fourth-order valence-electron chi connectivity index (χ4n) is 1.94. The van der Waals surface area contributed by atoms with Crippen LogP contribution in [-0.2, 0) is 16.1 Å². The van der Waals surface area contributed by atoms with Gasteiger partial charge in [0.15, 0.2) is 5.78 Å². The van der Waals surface area contributed by atoms with E-state index >= 15 is 0 Å². The van der Waals surface area contributed by atoms with Crippen molar-refractivity contribution in [2.45, 2.75) is 32.2 Å². The number of carbonyl (C=O) groups is 2. The van der Waals surface area contributed by atoms with Crippen molar-refractivity contribution in [3.8, 4) is 0 Å². The van der Waals surface area contributed by atoms with Gasteiger partial charge in [0, 0.05) is 16.4 Å². The number of ketones is 1. The van der Waals surface area contributed by atoms with E-state index < -0.39 is 5.41 Å². The van der Waals surface area contributed by atoms with Crippen LogP contribution in [0.15, 0.2) is 40.3 Å². The summed E-state index contributed by atoms with van der Waals surface area (Å²) >= 11 is 3.13. The van der Waals surface area contributed by atoms with Gasteiger partial charge in [-0.15, -0.1) is 11.8 Å². The topological polar surface area (TPSA) is 37.4 Å². The number of benzene rings is 1. The SMILES string of the molecule is CSc1ccc(CN2C(=O)CS/C2=C\C(=O)C(C)(C)C)cc1. The van der Waals surface area contributed by atoms with Crippen LogP contribution in [0, 0.1) is 5.41 Å². The number of nitrogens with zero attached hydrogens (tertiary/aromatic N) is 1. The lowest BCUT2D eigenvalue weighted by Gasteiger charge is -2.19. The predicted molar refractivity (Wildman–Crippen MR) is 93.8 cm³/mol. The number of hydrogen-bond acceptors (Lipinski definition) is 4. The summed E-state index contributed by atoms with van der Waals surface area (Å²) in [6.07, 6.45) is 3.65. The third-order valence-electron chi connectivity index (χ3n) is 3.40. The summed E-state index contributed by atoms with van der Waals surface area (Å²) in [5, 5.41) is 0.763. The van der Waals surface area contributed by atoms with Gasteiger partial charge in [0.25, 0.3) is 0 Å². The third kappa shape index (κ3) is 4.17. The maximum absolute atomic E-state index is 12.2. The van der Waals surface area contributed by atoms with E-state index in [4.69, 9.17) is 0 Å². The number of rotatable bonds is 4. The van der Waals surface area contributed by atoms with E-state index in [2.05, 4.69) is 12.1 Å². The molecule has 0 N–H and O–H groups in total. The summed E-state index contributed by atoms with van der Waals surface area (Å²) in [4.78, 5) is 27.2. The molecule has 1 heterocycles. The van der Waals surface area contributed by atoms with Gasteiger partial charge in [-0.3, -0.25) is 9.59 Å². The Hall–Kier alpha value is -1.20. The van der Waals surface area contributed by atoms with Crippen LogP contribution in [-0.4, -0.2) is 28.6 Å². The maximum atomic E-state index is 12.2. The van der Waals surface area contributed by atoms with Gasteiger partial charge in [0.05, 0.1) is 17.3 Å². The highest BCUT2D eigenvalue weighted by atomic mass is 32.2. The lowest BCUT2D eigenvalue weighted by atomic mass is 9.91. The van der Waals surface area contributed by atoms with Crippen molar-refractivity contribution >= 4 is 35.2 Å². The fourth-order valence-corrected chi connectivity index (χ4v) is 3.29. The minimum atomic E-state index is -0.426. The molecule has 1 amide bonds. The lowest BCUT2D eigenvalue weighted by molar-refractivity contribution is -0.125. The monoisotopic (exact) mass is 335 g/mol. The summed E-state index contributed by atoms with van der Waals surface area (Å²) in [7, 11) is 0. The minimum absolute atomic E-state index is 0.0485. The summed E-state index contributed by atoms with van der Waals surface area (Å²) in [6.45, 7) is 6.18. The van der Waals surface area contributed by atoms with Crippen molar-refractivity contribution in [1.29, 1.82) is 0 Å². The van der Waals surface area contributed by atoms with Crippen LogP contribution in [0.5, 0.6) is 0 Å². The lowest BCUT2D eigenvalue weighted by Crippen LogP contribution is -2.25. The zero-order valence-corrected chi connectivity index (χ0v) is 15.0. The van der Waals surface area contributed by atoms with E-state index in [0.29, 0.717) is 12.3 Å². The Labute approximate surface area is 140 Å². The summed E-state index contributed by atoms with van der Waals surface area (Å²) < 4.78 is 0. The van der Waals surface area contributed by atoms with E-state index in [1.807, 2.05) is 39.2 Å². The molecule has 0 saturated carbocycles. The van der Waals surface area contributed by atoms with Crippen LogP contribution in [0.25, 0.3) is 0 Å². The van der Waals surface area contributed by atoms with Crippen LogP contribution >= 0.6 is 23.5 Å². The Morgan fingerprint density at radius 3 is 2.50 bits per heavy atom. The fraction of sp³-hybridized carbons (Fsp3) is 0.412. The van der Waals surface area contributed by atoms with E-state index in [1.165, 1.54) is 16.7 Å². The van der Waals surface area contributed by atoms with Gasteiger partial charge in [-0.1, -0.05) is 44.7 Å². The van der Waals surface area contributed by atoms with Crippen LogP contribution < -0.4 is 0 Å². The first-order valence-corrected chi connectivity index (χ1v) is 9.34. The molecule has 118 valence electrons. The van der Waals surface area contributed by atoms with Crippen molar-refractivity contribution in [1.82, 2.24) is 4.90 Å². The Kier molecular flexibility index (Phi) is 5.40. The number of allylic oxidation sites excluding steroid dienone is 1. The molecule has 0 aliphatic carbocycles. The molecule has 3 nitrogen and oxygen atoms in total. The normalized spacial score (nSPS) is 17.4. The molecule has 2 rings (SSSR count). The molecule has 22 heavy (non-hydrogen) atoms. The van der Waals surface area contributed by atoms with Crippen LogP contribution in [0.1, 0.15) is 26.3 Å². The van der Waals surface area contributed by atoms with Crippen LogP contribution in [0.4, 0.5) is 0 Å². The Balaban J connectivity index is 2.17. The van der Waals surface area contributed by atoms with E-state index in [1.54, 1.807) is 22.7 Å². The van der Waals surface area contributed by atoms with Crippen molar-refractivity contribution < 1.29 is 9.59 Å². The summed E-state index contributed by atoms with van der Waals surface area (Å²) in [5.41, 5.74) is 0.646. The second-order valence-corrected chi connectivity index (χ2v) is 8.09. The van der Waals surface area contributed by atoms with Crippen LogP contribution in [0.2, 0.25) is 0 Å². The largest absolute Gasteiger partial charge is 0.301 e. The van der Waals surface area contributed by atoms with Gasteiger partial charge >= 0.3 is 0 Å². The maximum Gasteiger partial charge on any atom is 0.238 e. The molecule has 1 saturated heterocycles. The van der Waals surface area contributed by atoms with Gasteiger partial charge < -0.3 is 4.90 Å². The second kappa shape index (κ2) is 6.92. The van der Waals surface area contributed by atoms with Gasteiger partial charge in [-0.25, -0.2) is 0 Å². The quantitative estimate of drug-likeness (QED) is 0.617. The van der Waals surface area contributed by atoms with Crippen molar-refractivity contribution in [2.24, 2.45) is 5.41 Å². The highest BCUT2D eigenvalue weighted by Crippen LogP contribution is 2.32. The van der Waals surface area contributed by atoms with E-state index in [9.17, 15) is 9.59 Å². The zero-order chi connectivity index (χ0) is 16.3. The average Bonchev–Trinajstić information content (AvgIpc) is 2.80. The third-order valence-corrected chi connectivity index (χ3v) is 5.17. The molecule has 0 aromatic heterocycles. The Morgan fingerprint density at radius 1 is 1.32 bits per heavy atom. The predicted octanol–water partition coefficient (Wildman–Crippen LogP) is 3.94. The van der Waals surface area contributed by atoms with Crippen molar-refractivity contribution in [3.63, 3.8) is 0 Å². The molecular formula is C17H21NO2S2. The molecule has 0 spiro atoms. The van der Waals surface area contributed by atoms with Crippen molar-refractivity contribution in [2.75, 3.05) is 12.0 Å². The van der Waals surface area contributed by atoms with Gasteiger partial charge in [0.2, 0.25) is 5.91 Å². The van der Waals surface area contributed by atoms with E-state index in [0.717, 1.165) is 10.6 Å². The summed E-state index contributed by atoms with van der Waals surface area (Å²) in [5.74, 6) is 0.519. The van der Waals surface area contributed by atoms with Gasteiger partial charge in [-0.2, -0.15) is 0 Å². The van der Waals surface area contributed by atoms with Crippen LogP contribution in [0.3, 0.4) is 0 Å². The average molecular weight is 335 g/mol. The molecule has 5 heteroatoms. The smallest absolute Gasteiger partial charge is 0.238 e. The molecule has 1 aliphatic rings. The van der Waals surface area contributed by atoms with Crippen molar-refractivity contribution in [3.05, 3.63) is 40.9 Å². The number of amides is 1. The molecule has 0 bridgehead atoms. The number of carbonyl (C=O) groups excluding carboxylic acids is 2. The number of hydrogen-bond donors (Lipinski definition) is 0.